The number of ether oxygens (including phenoxy) is 4. The second kappa shape index (κ2) is 45.7. The number of aliphatic hydroxyl groups is 8. The molecule has 0 spiro atoms. The predicted octanol–water partition coefficient (Wildman–Crippen LogP) is 10.3. The third-order valence-corrected chi connectivity index (χ3v) is 15.2. The molecule has 12 atom stereocenters. The molecular weight excluding hydrogens is 931 g/mol. The van der Waals surface area contributed by atoms with Gasteiger partial charge in [-0.25, -0.2) is 0 Å². The van der Waals surface area contributed by atoms with Gasteiger partial charge in [-0.15, -0.1) is 0 Å². The van der Waals surface area contributed by atoms with Gasteiger partial charge in [0, 0.05) is 6.42 Å². The van der Waals surface area contributed by atoms with Crippen LogP contribution in [0.25, 0.3) is 0 Å². The van der Waals surface area contributed by atoms with E-state index in [4.69, 9.17) is 18.9 Å². The monoisotopic (exact) mass is 1040 g/mol. The summed E-state index contributed by atoms with van der Waals surface area (Å²) in [5, 5.41) is 87.2. The van der Waals surface area contributed by atoms with Crippen LogP contribution in [0, 0.1) is 0 Å². The number of allylic oxidation sites excluding steroid dienone is 2. The maximum atomic E-state index is 13.2. The van der Waals surface area contributed by atoms with Crippen LogP contribution in [0.3, 0.4) is 0 Å². The summed E-state index contributed by atoms with van der Waals surface area (Å²) in [5.74, 6) is -0.212. The fourth-order valence-electron chi connectivity index (χ4n) is 10.3. The van der Waals surface area contributed by atoms with Crippen LogP contribution in [0.15, 0.2) is 12.2 Å². The number of unbranched alkanes of at least 4 members (excludes halogenated alkanes) is 34. The first-order chi connectivity index (χ1) is 35.6. The maximum Gasteiger partial charge on any atom is 0.220 e. The second-order valence-electron chi connectivity index (χ2n) is 21.8. The number of hydrogen-bond donors (Lipinski definition) is 9. The molecule has 0 bridgehead atoms. The molecule has 2 aliphatic heterocycles. The van der Waals surface area contributed by atoms with Gasteiger partial charge in [0.05, 0.1) is 32.0 Å². The van der Waals surface area contributed by atoms with Gasteiger partial charge in [-0.3, -0.25) is 4.79 Å². The summed E-state index contributed by atoms with van der Waals surface area (Å²) in [6.45, 7) is 2.87. The third kappa shape index (κ3) is 31.7. The smallest absolute Gasteiger partial charge is 0.220 e. The molecule has 14 nitrogen and oxygen atoms in total. The highest BCUT2D eigenvalue weighted by atomic mass is 16.7. The second-order valence-corrected chi connectivity index (χ2v) is 21.8. The lowest BCUT2D eigenvalue weighted by atomic mass is 9.97. The highest BCUT2D eigenvalue weighted by molar-refractivity contribution is 5.76. The highest BCUT2D eigenvalue weighted by Crippen LogP contribution is 2.30. The first-order valence-corrected chi connectivity index (χ1v) is 30.4. The molecule has 2 aliphatic rings. The number of amides is 1. The molecule has 9 N–H and O–H groups in total. The number of carbonyl (C=O) groups is 1. The summed E-state index contributed by atoms with van der Waals surface area (Å²) in [6, 6.07) is -0.830. The van der Waals surface area contributed by atoms with Crippen molar-refractivity contribution in [3.05, 3.63) is 12.2 Å². The number of hydrogen-bond acceptors (Lipinski definition) is 13. The quantitative estimate of drug-likeness (QED) is 0.0204. The standard InChI is InChI=1S/C59H113NO13/c1-3-5-7-9-11-13-15-17-19-20-21-22-23-24-25-26-27-28-29-30-32-34-36-38-40-42-48(63)47(60-51(64)43-41-39-37-35-33-31-18-16-14-12-10-8-6-4-2)46-70-58-56(69)54(67)57(50(45-62)72-58)73-59-55(68)53(66)52(65)49(44-61)71-59/h16,18,47-50,52-59,61-63,65-69H,3-15,17,19-46H2,1-2H3,(H,60,64)/b18-16-. The van der Waals surface area contributed by atoms with E-state index in [9.17, 15) is 45.6 Å². The lowest BCUT2D eigenvalue weighted by molar-refractivity contribution is -0.359. The molecular formula is C59H113NO13. The normalized spacial score (nSPS) is 25.4. The topological polar surface area (TPSA) is 228 Å². The predicted molar refractivity (Wildman–Crippen MR) is 291 cm³/mol. The molecule has 0 aromatic rings. The molecule has 432 valence electrons. The van der Waals surface area contributed by atoms with E-state index in [2.05, 4.69) is 31.3 Å². The lowest BCUT2D eigenvalue weighted by Gasteiger charge is -2.46. The molecule has 0 aromatic heterocycles. The average molecular weight is 1040 g/mol. The van der Waals surface area contributed by atoms with Crippen LogP contribution in [0.2, 0.25) is 0 Å². The molecule has 14 heteroatoms. The Morgan fingerprint density at radius 3 is 1.30 bits per heavy atom. The van der Waals surface area contributed by atoms with Crippen LogP contribution < -0.4 is 5.32 Å². The first-order valence-electron chi connectivity index (χ1n) is 30.4. The van der Waals surface area contributed by atoms with E-state index in [1.54, 1.807) is 0 Å². The van der Waals surface area contributed by atoms with Crippen LogP contribution in [-0.2, 0) is 23.7 Å². The van der Waals surface area contributed by atoms with Crippen LogP contribution in [0.4, 0.5) is 0 Å². The fourth-order valence-corrected chi connectivity index (χ4v) is 10.3. The Morgan fingerprint density at radius 2 is 0.863 bits per heavy atom. The molecule has 0 radical (unpaired) electrons. The van der Waals surface area contributed by atoms with Crippen LogP contribution in [0.5, 0.6) is 0 Å². The minimum absolute atomic E-state index is 0.212. The summed E-state index contributed by atoms with van der Waals surface area (Å²) < 4.78 is 22.8. The van der Waals surface area contributed by atoms with Gasteiger partial charge in [0.15, 0.2) is 12.6 Å². The Hall–Kier alpha value is -1.27. The van der Waals surface area contributed by atoms with Crippen molar-refractivity contribution in [1.82, 2.24) is 5.32 Å². The largest absolute Gasteiger partial charge is 0.394 e. The molecule has 2 rings (SSSR count). The van der Waals surface area contributed by atoms with Crippen LogP contribution >= 0.6 is 0 Å². The van der Waals surface area contributed by atoms with Crippen molar-refractivity contribution in [2.24, 2.45) is 0 Å². The fraction of sp³-hybridized carbons (Fsp3) is 0.949. The van der Waals surface area contributed by atoms with Gasteiger partial charge in [-0.1, -0.05) is 231 Å². The summed E-state index contributed by atoms with van der Waals surface area (Å²) in [6.07, 6.45) is 35.0. The van der Waals surface area contributed by atoms with Crippen molar-refractivity contribution in [2.75, 3.05) is 19.8 Å². The minimum atomic E-state index is -1.78. The first kappa shape index (κ1) is 67.8. The maximum absolute atomic E-state index is 13.2. The van der Waals surface area contributed by atoms with Gasteiger partial charge in [0.1, 0.15) is 48.8 Å². The Labute approximate surface area is 444 Å². The van der Waals surface area contributed by atoms with E-state index in [0.29, 0.717) is 19.3 Å². The van der Waals surface area contributed by atoms with E-state index >= 15 is 0 Å². The zero-order valence-corrected chi connectivity index (χ0v) is 46.4. The molecule has 2 fully saturated rings. The minimum Gasteiger partial charge on any atom is -0.394 e. The number of aliphatic hydroxyl groups excluding tert-OH is 8. The number of rotatable bonds is 49. The van der Waals surface area contributed by atoms with Crippen LogP contribution in [-0.4, -0.2) is 140 Å². The Balaban J connectivity index is 1.71. The summed E-state index contributed by atoms with van der Waals surface area (Å²) in [5.41, 5.74) is 0. The van der Waals surface area contributed by atoms with E-state index in [-0.39, 0.29) is 12.5 Å². The zero-order chi connectivity index (χ0) is 53.2. The zero-order valence-electron chi connectivity index (χ0n) is 46.4. The van der Waals surface area contributed by atoms with Crippen molar-refractivity contribution in [1.29, 1.82) is 0 Å². The highest BCUT2D eigenvalue weighted by Gasteiger charge is 2.51. The van der Waals surface area contributed by atoms with E-state index in [1.165, 1.54) is 167 Å². The molecule has 12 unspecified atom stereocenters. The van der Waals surface area contributed by atoms with Crippen molar-refractivity contribution >= 4 is 5.91 Å². The SMILES string of the molecule is CCCCCCC/C=C\CCCCCCCC(=O)NC(COC1OC(CO)C(OC2OC(CO)C(O)C(O)C2O)C(O)C1O)C(O)CCCCCCCCCCCCCCCCCCCCCCCCCCC. The average Bonchev–Trinajstić information content (AvgIpc) is 3.39. The molecule has 2 saturated heterocycles. The van der Waals surface area contributed by atoms with Gasteiger partial charge in [-0.2, -0.15) is 0 Å². The van der Waals surface area contributed by atoms with Gasteiger partial charge < -0.3 is 65.1 Å². The molecule has 0 saturated carbocycles. The van der Waals surface area contributed by atoms with Gasteiger partial charge in [0.25, 0.3) is 0 Å². The number of nitrogens with one attached hydrogen (secondary N) is 1. The van der Waals surface area contributed by atoms with Crippen molar-refractivity contribution in [3.8, 4) is 0 Å². The summed E-state index contributed by atoms with van der Waals surface area (Å²) >= 11 is 0. The Kier molecular flexibility index (Phi) is 42.5. The number of carbonyl (C=O) groups excluding carboxylic acids is 1. The van der Waals surface area contributed by atoms with Gasteiger partial charge in [-0.05, 0) is 38.5 Å². The van der Waals surface area contributed by atoms with Crippen LogP contribution in [0.1, 0.15) is 264 Å². The van der Waals surface area contributed by atoms with Crippen molar-refractivity contribution in [2.45, 2.75) is 338 Å². The van der Waals surface area contributed by atoms with Crippen molar-refractivity contribution in [3.63, 3.8) is 0 Å². The Morgan fingerprint density at radius 1 is 0.479 bits per heavy atom. The third-order valence-electron chi connectivity index (χ3n) is 15.2. The lowest BCUT2D eigenvalue weighted by Crippen LogP contribution is -2.65. The van der Waals surface area contributed by atoms with E-state index in [0.717, 1.165) is 64.2 Å². The van der Waals surface area contributed by atoms with Crippen molar-refractivity contribution < 1.29 is 64.6 Å². The molecule has 0 aromatic carbocycles. The van der Waals surface area contributed by atoms with E-state index < -0.39 is 86.8 Å². The van der Waals surface area contributed by atoms with E-state index in [1.807, 2.05) is 0 Å². The molecule has 73 heavy (non-hydrogen) atoms. The summed E-state index contributed by atoms with van der Waals surface area (Å²) in [4.78, 5) is 13.2. The van der Waals surface area contributed by atoms with Gasteiger partial charge >= 0.3 is 0 Å². The Bertz CT molecular complexity index is 1280. The molecule has 0 aliphatic carbocycles. The molecule has 2 heterocycles. The summed E-state index contributed by atoms with van der Waals surface area (Å²) in [7, 11) is 0. The molecule has 1 amide bonds. The van der Waals surface area contributed by atoms with Gasteiger partial charge in [0.2, 0.25) is 5.91 Å².